The molecule has 0 atom stereocenters. The standard InChI is InChI=1S/C25H27N5O2S/c1-17-14-22(27-18(2)31)7-6-20(17)8-13-33-30-11-9-25(10-12-30)24(32)28-23(29-25)21-5-3-4-19(15-21)16-26/h3-7,14-15H,8-13H2,1-2H3,(H,27,31)(H,28,29,32). The van der Waals surface area contributed by atoms with E-state index in [0.29, 0.717) is 24.2 Å². The lowest BCUT2D eigenvalue weighted by Crippen LogP contribution is -2.47. The molecule has 2 aromatic carbocycles. The zero-order valence-corrected chi connectivity index (χ0v) is 19.7. The minimum atomic E-state index is -0.703. The number of aliphatic imine (C=N–C) groups is 1. The summed E-state index contributed by atoms with van der Waals surface area (Å²) >= 11 is 1.81. The lowest BCUT2D eigenvalue weighted by molar-refractivity contribution is -0.124. The minimum Gasteiger partial charge on any atom is -0.326 e. The van der Waals surface area contributed by atoms with Gasteiger partial charge in [0.25, 0.3) is 5.91 Å². The van der Waals surface area contributed by atoms with Crippen LogP contribution in [0, 0.1) is 18.3 Å². The molecule has 0 aliphatic carbocycles. The Balaban J connectivity index is 1.31. The molecule has 0 radical (unpaired) electrons. The van der Waals surface area contributed by atoms with Gasteiger partial charge in [0.1, 0.15) is 11.4 Å². The second kappa shape index (κ2) is 9.77. The first-order valence-electron chi connectivity index (χ1n) is 11.1. The number of amidine groups is 1. The molecule has 0 bridgehead atoms. The molecule has 7 nitrogen and oxygen atoms in total. The number of carbonyl (C=O) groups is 2. The highest BCUT2D eigenvalue weighted by atomic mass is 32.2. The number of nitrogens with zero attached hydrogens (tertiary/aromatic N) is 3. The van der Waals surface area contributed by atoms with E-state index in [-0.39, 0.29) is 11.8 Å². The van der Waals surface area contributed by atoms with E-state index < -0.39 is 5.54 Å². The zero-order chi connectivity index (χ0) is 23.4. The summed E-state index contributed by atoms with van der Waals surface area (Å²) in [5.74, 6) is 1.41. The van der Waals surface area contributed by atoms with E-state index in [1.165, 1.54) is 18.1 Å². The van der Waals surface area contributed by atoms with Gasteiger partial charge in [0.15, 0.2) is 0 Å². The van der Waals surface area contributed by atoms with Crippen LogP contribution in [0.2, 0.25) is 0 Å². The average molecular weight is 462 g/mol. The fraction of sp³-hybridized carbons (Fsp3) is 0.360. The van der Waals surface area contributed by atoms with Crippen LogP contribution in [0.4, 0.5) is 5.69 Å². The van der Waals surface area contributed by atoms with Crippen molar-refractivity contribution < 1.29 is 9.59 Å². The number of hydrogen-bond donors (Lipinski definition) is 2. The molecule has 2 amide bonds. The molecule has 33 heavy (non-hydrogen) atoms. The van der Waals surface area contributed by atoms with Crippen molar-refractivity contribution in [1.82, 2.24) is 9.62 Å². The van der Waals surface area contributed by atoms with Gasteiger partial charge in [0.2, 0.25) is 5.91 Å². The molecule has 2 N–H and O–H groups in total. The highest BCUT2D eigenvalue weighted by Gasteiger charge is 2.46. The molecular formula is C25H27N5O2S. The van der Waals surface area contributed by atoms with Gasteiger partial charge in [-0.25, -0.2) is 0 Å². The number of amides is 2. The number of rotatable bonds is 6. The monoisotopic (exact) mass is 461 g/mol. The van der Waals surface area contributed by atoms with Gasteiger partial charge >= 0.3 is 0 Å². The number of piperidine rings is 1. The first-order chi connectivity index (χ1) is 15.9. The van der Waals surface area contributed by atoms with Crippen molar-refractivity contribution in [2.24, 2.45) is 4.99 Å². The number of nitriles is 1. The van der Waals surface area contributed by atoms with Gasteiger partial charge in [-0.05, 0) is 61.6 Å². The Hall–Kier alpha value is -3.15. The summed E-state index contributed by atoms with van der Waals surface area (Å²) < 4.78 is 2.32. The first kappa shape index (κ1) is 23.0. The van der Waals surface area contributed by atoms with Crippen molar-refractivity contribution in [1.29, 1.82) is 5.26 Å². The summed E-state index contributed by atoms with van der Waals surface area (Å²) in [7, 11) is 0. The van der Waals surface area contributed by atoms with Crippen LogP contribution in [0.3, 0.4) is 0 Å². The second-order valence-electron chi connectivity index (χ2n) is 8.47. The van der Waals surface area contributed by atoms with Crippen LogP contribution < -0.4 is 10.6 Å². The molecule has 2 aromatic rings. The van der Waals surface area contributed by atoms with Gasteiger partial charge in [-0.2, -0.15) is 5.26 Å². The third-order valence-corrected chi connectivity index (χ3v) is 7.22. The number of benzene rings is 2. The fourth-order valence-corrected chi connectivity index (χ4v) is 5.27. The average Bonchev–Trinajstić information content (AvgIpc) is 3.12. The zero-order valence-electron chi connectivity index (χ0n) is 18.9. The quantitative estimate of drug-likeness (QED) is 0.643. The smallest absolute Gasteiger partial charge is 0.253 e. The van der Waals surface area contributed by atoms with Crippen LogP contribution in [-0.2, 0) is 16.0 Å². The molecule has 4 rings (SSSR count). The third kappa shape index (κ3) is 5.27. The Morgan fingerprint density at radius 2 is 2.06 bits per heavy atom. The van der Waals surface area contributed by atoms with E-state index >= 15 is 0 Å². The number of carbonyl (C=O) groups excluding carboxylic acids is 2. The minimum absolute atomic E-state index is 0.0422. The Kier molecular flexibility index (Phi) is 6.82. The topological polar surface area (TPSA) is 97.6 Å². The van der Waals surface area contributed by atoms with Gasteiger partial charge in [0.05, 0.1) is 11.6 Å². The molecule has 2 heterocycles. The van der Waals surface area contributed by atoms with Gasteiger partial charge in [-0.1, -0.05) is 30.1 Å². The van der Waals surface area contributed by atoms with E-state index in [1.807, 2.05) is 36.2 Å². The molecule has 1 fully saturated rings. The summed E-state index contributed by atoms with van der Waals surface area (Å²) in [5.41, 5.74) is 3.89. The highest BCUT2D eigenvalue weighted by Crippen LogP contribution is 2.33. The van der Waals surface area contributed by atoms with Crippen LogP contribution in [0.5, 0.6) is 0 Å². The molecule has 0 aromatic heterocycles. The van der Waals surface area contributed by atoms with Crippen molar-refractivity contribution in [2.45, 2.75) is 38.6 Å². The van der Waals surface area contributed by atoms with Crippen molar-refractivity contribution in [3.05, 3.63) is 64.7 Å². The first-order valence-corrected chi connectivity index (χ1v) is 12.0. The number of anilines is 1. The molecule has 0 unspecified atom stereocenters. The van der Waals surface area contributed by atoms with E-state index in [2.05, 4.69) is 34.0 Å². The van der Waals surface area contributed by atoms with Crippen molar-refractivity contribution in [2.75, 3.05) is 24.2 Å². The largest absolute Gasteiger partial charge is 0.326 e. The highest BCUT2D eigenvalue weighted by molar-refractivity contribution is 7.97. The molecule has 1 saturated heterocycles. The molecule has 2 aliphatic rings. The SMILES string of the molecule is CC(=O)Nc1ccc(CCSN2CCC3(CC2)N=C(c2cccc(C#N)c2)NC3=O)c(C)c1. The normalized spacial score (nSPS) is 17.4. The molecule has 170 valence electrons. The molecular weight excluding hydrogens is 434 g/mol. The summed E-state index contributed by atoms with van der Waals surface area (Å²) in [6.45, 7) is 5.17. The summed E-state index contributed by atoms with van der Waals surface area (Å²) in [6.07, 6.45) is 2.30. The Labute approximate surface area is 198 Å². The van der Waals surface area contributed by atoms with Gasteiger partial charge in [-0.15, -0.1) is 0 Å². The maximum absolute atomic E-state index is 12.8. The maximum atomic E-state index is 12.8. The van der Waals surface area contributed by atoms with Gasteiger partial charge in [0, 0.05) is 37.0 Å². The van der Waals surface area contributed by atoms with Crippen LogP contribution in [0.15, 0.2) is 47.5 Å². The van der Waals surface area contributed by atoms with E-state index in [0.717, 1.165) is 36.5 Å². The second-order valence-corrected chi connectivity index (χ2v) is 9.66. The fourth-order valence-electron chi connectivity index (χ4n) is 4.26. The number of aryl methyl sites for hydroxylation is 2. The predicted molar refractivity (Wildman–Crippen MR) is 131 cm³/mol. The Morgan fingerprint density at radius 3 is 2.76 bits per heavy atom. The molecule has 0 saturated carbocycles. The molecule has 1 spiro atoms. The molecule has 8 heteroatoms. The van der Waals surface area contributed by atoms with Crippen LogP contribution >= 0.6 is 11.9 Å². The van der Waals surface area contributed by atoms with Crippen LogP contribution in [-0.4, -0.2) is 46.3 Å². The van der Waals surface area contributed by atoms with Crippen molar-refractivity contribution in [3.8, 4) is 6.07 Å². The maximum Gasteiger partial charge on any atom is 0.253 e. The third-order valence-electron chi connectivity index (χ3n) is 6.10. The predicted octanol–water partition coefficient (Wildman–Crippen LogP) is 3.43. The summed E-state index contributed by atoms with van der Waals surface area (Å²) in [4.78, 5) is 28.8. The molecule has 2 aliphatic heterocycles. The van der Waals surface area contributed by atoms with E-state index in [4.69, 9.17) is 10.3 Å². The Morgan fingerprint density at radius 1 is 1.27 bits per heavy atom. The number of hydrogen-bond acceptors (Lipinski definition) is 6. The van der Waals surface area contributed by atoms with Crippen LogP contribution in [0.1, 0.15) is 42.0 Å². The van der Waals surface area contributed by atoms with E-state index in [1.54, 1.807) is 12.1 Å². The summed E-state index contributed by atoms with van der Waals surface area (Å²) in [6, 6.07) is 15.3. The van der Waals surface area contributed by atoms with Gasteiger partial charge in [-0.3, -0.25) is 18.9 Å². The summed E-state index contributed by atoms with van der Waals surface area (Å²) in [5, 5.41) is 14.9. The van der Waals surface area contributed by atoms with Crippen molar-refractivity contribution in [3.63, 3.8) is 0 Å². The lowest BCUT2D eigenvalue weighted by Gasteiger charge is -2.34. The lowest BCUT2D eigenvalue weighted by atomic mass is 9.89. The van der Waals surface area contributed by atoms with Crippen LogP contribution in [0.25, 0.3) is 0 Å². The van der Waals surface area contributed by atoms with Crippen molar-refractivity contribution >= 4 is 35.3 Å². The number of nitrogens with one attached hydrogen (secondary N) is 2. The van der Waals surface area contributed by atoms with E-state index in [9.17, 15) is 9.59 Å². The Bertz CT molecular complexity index is 1150. The van der Waals surface area contributed by atoms with Gasteiger partial charge < -0.3 is 10.6 Å².